The van der Waals surface area contributed by atoms with E-state index in [2.05, 4.69) is 20.4 Å². The molecule has 0 radical (unpaired) electrons. The number of carbonyl (C=O) groups is 1. The molecule has 2 heterocycles. The summed E-state index contributed by atoms with van der Waals surface area (Å²) in [6.07, 6.45) is -0.572. The smallest absolute Gasteiger partial charge is 0.208 e. The zero-order valence-corrected chi connectivity index (χ0v) is 15.3. The number of Topliss-reactive ketones (excluding diaryl/α,β-unsaturated/α-hetero) is 1. The quantitative estimate of drug-likeness (QED) is 0.463. The first kappa shape index (κ1) is 17.3. The molecule has 0 amide bonds. The summed E-state index contributed by atoms with van der Waals surface area (Å²) in [5, 5.41) is 45.1. The van der Waals surface area contributed by atoms with Crippen LogP contribution in [0, 0.1) is 34.0 Å². The monoisotopic (exact) mass is 364 g/mol. The first-order chi connectivity index (χ1) is 12.1. The van der Waals surface area contributed by atoms with Crippen LogP contribution in [0.5, 0.6) is 0 Å². The highest BCUT2D eigenvalue weighted by Gasteiger charge is 2.87. The number of ketones is 1. The Morgan fingerprint density at radius 3 is 2.50 bits per heavy atom. The maximum atomic E-state index is 13.4. The van der Waals surface area contributed by atoms with Gasteiger partial charge in [-0.1, -0.05) is 26.8 Å². The van der Waals surface area contributed by atoms with Gasteiger partial charge in [0.15, 0.2) is 5.78 Å². The molecule has 0 aromatic heterocycles. The fourth-order valence-corrected chi connectivity index (χ4v) is 8.03. The first-order valence-electron chi connectivity index (χ1n) is 9.70. The molecule has 2 spiro atoms. The molecule has 4 saturated carbocycles. The molecule has 4 N–H and O–H groups in total. The third-order valence-electron chi connectivity index (χ3n) is 8.75. The average molecular weight is 364 g/mol. The van der Waals surface area contributed by atoms with Crippen LogP contribution < -0.4 is 0 Å². The Labute approximate surface area is 152 Å². The molecule has 6 fully saturated rings. The summed E-state index contributed by atoms with van der Waals surface area (Å²) < 4.78 is 5.83. The lowest BCUT2D eigenvalue weighted by Crippen LogP contribution is -2.85. The normalized spacial score (nSPS) is 59.9. The van der Waals surface area contributed by atoms with Gasteiger partial charge in [0.25, 0.3) is 0 Å². The van der Waals surface area contributed by atoms with E-state index in [-0.39, 0.29) is 29.9 Å². The number of ether oxygens (including phenoxy) is 1. The SMILES string of the molecule is C=C1C(=O)[C@]23[C@H](O)[C@@H]1C[C@@H](O)[C@H]2[C@]12CCCC(C)(C)[C@H]1[C@H](O)[C@@]3(O)OC2. The number of aliphatic hydroxyl groups is 4. The molecule has 0 aromatic carbocycles. The molecule has 0 unspecified atom stereocenters. The van der Waals surface area contributed by atoms with Crippen LogP contribution in [0.15, 0.2) is 12.2 Å². The molecular formula is C20H28O6. The van der Waals surface area contributed by atoms with E-state index in [1.165, 1.54) is 0 Å². The third-order valence-corrected chi connectivity index (χ3v) is 8.75. The fourth-order valence-electron chi connectivity index (χ4n) is 8.03. The van der Waals surface area contributed by atoms with Crippen LogP contribution in [-0.4, -0.2) is 56.9 Å². The van der Waals surface area contributed by atoms with Crippen molar-refractivity contribution >= 4 is 5.78 Å². The first-order valence-corrected chi connectivity index (χ1v) is 9.70. The predicted octanol–water partition coefficient (Wildman–Crippen LogP) is 0.376. The molecule has 0 aromatic rings. The van der Waals surface area contributed by atoms with Gasteiger partial charge in [-0.3, -0.25) is 4.79 Å². The van der Waals surface area contributed by atoms with Gasteiger partial charge in [0.2, 0.25) is 5.79 Å². The van der Waals surface area contributed by atoms with Crippen LogP contribution in [-0.2, 0) is 9.53 Å². The fraction of sp³-hybridized carbons (Fsp3) is 0.850. The van der Waals surface area contributed by atoms with Crippen molar-refractivity contribution in [3.63, 3.8) is 0 Å². The molecule has 4 bridgehead atoms. The summed E-state index contributed by atoms with van der Waals surface area (Å²) in [4.78, 5) is 13.4. The molecule has 26 heavy (non-hydrogen) atoms. The average Bonchev–Trinajstić information content (AvgIpc) is 2.67. The van der Waals surface area contributed by atoms with Crippen molar-refractivity contribution in [3.05, 3.63) is 12.2 Å². The van der Waals surface area contributed by atoms with Gasteiger partial charge in [-0.25, -0.2) is 0 Å². The van der Waals surface area contributed by atoms with Crippen molar-refractivity contribution in [1.82, 2.24) is 0 Å². The van der Waals surface area contributed by atoms with Crippen LogP contribution >= 0.6 is 0 Å². The highest BCUT2D eigenvalue weighted by molar-refractivity contribution is 6.05. The molecule has 6 nitrogen and oxygen atoms in total. The van der Waals surface area contributed by atoms with E-state index in [1.807, 2.05) is 0 Å². The predicted molar refractivity (Wildman–Crippen MR) is 90.7 cm³/mol. The largest absolute Gasteiger partial charge is 0.393 e. The molecule has 4 aliphatic carbocycles. The standard InChI is InChI=1S/C20H28O6/c1-9-10-7-11(21)12-18-6-4-5-17(2,3)13(18)16(24)20(25,26-8-18)19(12,14(9)22)15(10)23/h10-13,15-16,21,23-25H,1,4-8H2,2-3H3/t10-,11-,12+,13-,15-,16+,18-,19+,20-/m1/s1. The summed E-state index contributed by atoms with van der Waals surface area (Å²) in [5.74, 6) is -4.19. The van der Waals surface area contributed by atoms with Gasteiger partial charge >= 0.3 is 0 Å². The molecule has 144 valence electrons. The minimum Gasteiger partial charge on any atom is -0.393 e. The topological polar surface area (TPSA) is 107 Å². The van der Waals surface area contributed by atoms with Crippen molar-refractivity contribution in [2.45, 2.75) is 63.6 Å². The second-order valence-corrected chi connectivity index (χ2v) is 10.0. The maximum absolute atomic E-state index is 13.4. The van der Waals surface area contributed by atoms with Crippen molar-refractivity contribution in [2.75, 3.05) is 6.61 Å². The Balaban J connectivity index is 1.82. The summed E-state index contributed by atoms with van der Waals surface area (Å²) in [6.45, 7) is 8.18. The number of hydrogen-bond acceptors (Lipinski definition) is 6. The summed E-state index contributed by atoms with van der Waals surface area (Å²) in [6, 6.07) is 0. The van der Waals surface area contributed by atoms with E-state index in [4.69, 9.17) is 4.74 Å². The lowest BCUT2D eigenvalue weighted by atomic mass is 9.36. The second-order valence-electron chi connectivity index (χ2n) is 10.0. The summed E-state index contributed by atoms with van der Waals surface area (Å²) >= 11 is 0. The number of fused-ring (bicyclic) bond motifs is 2. The molecule has 6 aliphatic rings. The van der Waals surface area contributed by atoms with Crippen LogP contribution in [0.4, 0.5) is 0 Å². The molecular weight excluding hydrogens is 336 g/mol. The molecule has 9 atom stereocenters. The van der Waals surface area contributed by atoms with Crippen LogP contribution in [0.1, 0.15) is 39.5 Å². The molecule has 6 rings (SSSR count). The zero-order chi connectivity index (χ0) is 18.9. The Kier molecular flexibility index (Phi) is 3.07. The van der Waals surface area contributed by atoms with E-state index < -0.39 is 52.5 Å². The molecule has 2 aliphatic heterocycles. The van der Waals surface area contributed by atoms with Crippen molar-refractivity contribution < 1.29 is 30.0 Å². The van der Waals surface area contributed by atoms with E-state index in [0.29, 0.717) is 6.42 Å². The van der Waals surface area contributed by atoms with Crippen LogP contribution in [0.25, 0.3) is 0 Å². The highest BCUT2D eigenvalue weighted by Crippen LogP contribution is 2.76. The minimum atomic E-state index is -2.20. The number of aliphatic hydroxyl groups excluding tert-OH is 3. The Morgan fingerprint density at radius 1 is 1.12 bits per heavy atom. The summed E-state index contributed by atoms with van der Waals surface area (Å²) in [7, 11) is 0. The van der Waals surface area contributed by atoms with Gasteiger partial charge in [0.1, 0.15) is 11.5 Å². The van der Waals surface area contributed by atoms with Crippen molar-refractivity contribution in [2.24, 2.45) is 34.0 Å². The van der Waals surface area contributed by atoms with E-state index >= 15 is 0 Å². The third kappa shape index (κ3) is 1.44. The van der Waals surface area contributed by atoms with Crippen LogP contribution in [0.3, 0.4) is 0 Å². The van der Waals surface area contributed by atoms with Gasteiger partial charge in [0.05, 0.1) is 18.8 Å². The van der Waals surface area contributed by atoms with Crippen molar-refractivity contribution in [3.8, 4) is 0 Å². The van der Waals surface area contributed by atoms with Crippen molar-refractivity contribution in [1.29, 1.82) is 0 Å². The van der Waals surface area contributed by atoms with Gasteiger partial charge in [-0.15, -0.1) is 0 Å². The van der Waals surface area contributed by atoms with E-state index in [1.54, 1.807) is 0 Å². The van der Waals surface area contributed by atoms with Crippen LogP contribution in [0.2, 0.25) is 0 Å². The molecule has 6 heteroatoms. The lowest BCUT2D eigenvalue weighted by molar-refractivity contribution is -0.456. The molecule has 2 saturated heterocycles. The zero-order valence-electron chi connectivity index (χ0n) is 15.3. The van der Waals surface area contributed by atoms with E-state index in [0.717, 1.165) is 12.8 Å². The Morgan fingerprint density at radius 2 is 1.81 bits per heavy atom. The number of hydrogen-bond donors (Lipinski definition) is 4. The number of carbonyl (C=O) groups excluding carboxylic acids is 1. The summed E-state index contributed by atoms with van der Waals surface area (Å²) in [5.41, 5.74) is -2.40. The Hall–Kier alpha value is -0.790. The Bertz CT molecular complexity index is 717. The maximum Gasteiger partial charge on any atom is 0.208 e. The van der Waals surface area contributed by atoms with Gasteiger partial charge in [-0.05, 0) is 30.3 Å². The van der Waals surface area contributed by atoms with Gasteiger partial charge in [-0.2, -0.15) is 0 Å². The highest BCUT2D eigenvalue weighted by atomic mass is 16.6. The number of rotatable bonds is 0. The lowest BCUT2D eigenvalue weighted by Gasteiger charge is -2.74. The minimum absolute atomic E-state index is 0.190. The van der Waals surface area contributed by atoms with Gasteiger partial charge in [0, 0.05) is 23.2 Å². The van der Waals surface area contributed by atoms with E-state index in [9.17, 15) is 25.2 Å². The van der Waals surface area contributed by atoms with Gasteiger partial charge < -0.3 is 25.2 Å². The second kappa shape index (κ2) is 4.61.